The summed E-state index contributed by atoms with van der Waals surface area (Å²) < 4.78 is 5.55. The fourth-order valence-electron chi connectivity index (χ4n) is 2.67. The van der Waals surface area contributed by atoms with Crippen molar-refractivity contribution in [3.05, 3.63) is 64.7 Å². The van der Waals surface area contributed by atoms with Crippen molar-refractivity contribution >= 4 is 46.8 Å². The smallest absolute Gasteiger partial charge is 0.263 e. The van der Waals surface area contributed by atoms with Crippen molar-refractivity contribution in [3.63, 3.8) is 0 Å². The Balaban J connectivity index is 1.65. The van der Waals surface area contributed by atoms with Gasteiger partial charge in [0.25, 0.3) is 17.7 Å². The average Bonchev–Trinajstić information content (AvgIpc) is 2.66. The molecule has 0 bridgehead atoms. The maximum Gasteiger partial charge on any atom is 0.263 e. The van der Waals surface area contributed by atoms with Crippen molar-refractivity contribution in [1.29, 1.82) is 0 Å². The van der Waals surface area contributed by atoms with Crippen LogP contribution in [-0.4, -0.2) is 29.4 Å². The van der Waals surface area contributed by atoms with Gasteiger partial charge in [0, 0.05) is 5.69 Å². The predicted octanol–water partition coefficient (Wildman–Crippen LogP) is 2.24. The summed E-state index contributed by atoms with van der Waals surface area (Å²) in [6.45, 7) is 3.69. The molecule has 0 radical (unpaired) electrons. The van der Waals surface area contributed by atoms with Gasteiger partial charge in [-0.3, -0.25) is 25.0 Å². The second-order valence-electron chi connectivity index (χ2n) is 6.52. The van der Waals surface area contributed by atoms with Gasteiger partial charge in [-0.2, -0.15) is 0 Å². The number of thiocarbonyl (C=S) groups is 1. The quantitative estimate of drug-likeness (QED) is 0.400. The Morgan fingerprint density at radius 1 is 1.10 bits per heavy atom. The Morgan fingerprint density at radius 2 is 1.83 bits per heavy atom. The van der Waals surface area contributed by atoms with Crippen LogP contribution in [0.4, 0.5) is 5.69 Å². The molecule has 0 aromatic heterocycles. The first-order valence-electron chi connectivity index (χ1n) is 8.80. The molecule has 1 saturated heterocycles. The first kappa shape index (κ1) is 20.2. The molecule has 1 heterocycles. The van der Waals surface area contributed by atoms with E-state index in [9.17, 15) is 14.4 Å². The minimum absolute atomic E-state index is 0.0240. The van der Waals surface area contributed by atoms with Crippen LogP contribution >= 0.6 is 12.2 Å². The SMILES string of the molecule is Cc1ccc(C)c(NC(=O)COc2cccc(C=C3C(=O)NC(=S)NC3=O)c2)c1. The Morgan fingerprint density at radius 3 is 2.55 bits per heavy atom. The van der Waals surface area contributed by atoms with Crippen molar-refractivity contribution in [2.75, 3.05) is 11.9 Å². The molecule has 2 aromatic rings. The molecular weight excluding hydrogens is 390 g/mol. The molecule has 0 atom stereocenters. The monoisotopic (exact) mass is 409 g/mol. The first-order valence-corrected chi connectivity index (χ1v) is 9.21. The van der Waals surface area contributed by atoms with Crippen LogP contribution in [-0.2, 0) is 14.4 Å². The maximum absolute atomic E-state index is 12.2. The summed E-state index contributed by atoms with van der Waals surface area (Å²) in [7, 11) is 0. The zero-order valence-electron chi connectivity index (χ0n) is 15.9. The Hall–Kier alpha value is -3.52. The molecule has 29 heavy (non-hydrogen) atoms. The zero-order valence-corrected chi connectivity index (χ0v) is 16.7. The van der Waals surface area contributed by atoms with Gasteiger partial charge in [-0.25, -0.2) is 0 Å². The number of aryl methyl sites for hydroxylation is 2. The number of anilines is 1. The lowest BCUT2D eigenvalue weighted by molar-refractivity contribution is -0.123. The molecule has 1 aliphatic rings. The summed E-state index contributed by atoms with van der Waals surface area (Å²) in [6.07, 6.45) is 1.43. The van der Waals surface area contributed by atoms with Crippen LogP contribution in [0.15, 0.2) is 48.0 Å². The van der Waals surface area contributed by atoms with Crippen molar-refractivity contribution in [3.8, 4) is 5.75 Å². The van der Waals surface area contributed by atoms with E-state index in [-0.39, 0.29) is 23.2 Å². The number of carbonyl (C=O) groups is 3. The molecule has 3 N–H and O–H groups in total. The second kappa shape index (κ2) is 8.66. The molecule has 0 spiro atoms. The molecule has 0 aliphatic carbocycles. The van der Waals surface area contributed by atoms with Gasteiger partial charge in [-0.15, -0.1) is 0 Å². The van der Waals surface area contributed by atoms with E-state index in [1.54, 1.807) is 24.3 Å². The molecule has 1 fully saturated rings. The largest absolute Gasteiger partial charge is 0.484 e. The minimum Gasteiger partial charge on any atom is -0.484 e. The first-order chi connectivity index (χ1) is 13.8. The van der Waals surface area contributed by atoms with E-state index in [1.807, 2.05) is 32.0 Å². The molecule has 1 aliphatic heterocycles. The van der Waals surface area contributed by atoms with Crippen LogP contribution < -0.4 is 20.7 Å². The van der Waals surface area contributed by atoms with E-state index in [2.05, 4.69) is 16.0 Å². The van der Waals surface area contributed by atoms with E-state index >= 15 is 0 Å². The maximum atomic E-state index is 12.2. The lowest BCUT2D eigenvalue weighted by atomic mass is 10.1. The van der Waals surface area contributed by atoms with Gasteiger partial charge in [0.15, 0.2) is 11.7 Å². The molecule has 0 saturated carbocycles. The molecule has 0 unspecified atom stereocenters. The average molecular weight is 409 g/mol. The van der Waals surface area contributed by atoms with Gasteiger partial charge in [0.05, 0.1) is 0 Å². The highest BCUT2D eigenvalue weighted by atomic mass is 32.1. The summed E-state index contributed by atoms with van der Waals surface area (Å²) in [5.74, 6) is -0.999. The summed E-state index contributed by atoms with van der Waals surface area (Å²) in [5.41, 5.74) is 3.25. The van der Waals surface area contributed by atoms with E-state index in [4.69, 9.17) is 17.0 Å². The highest BCUT2D eigenvalue weighted by molar-refractivity contribution is 7.80. The van der Waals surface area contributed by atoms with E-state index in [0.717, 1.165) is 16.8 Å². The number of nitrogens with one attached hydrogen (secondary N) is 3. The fraction of sp³-hybridized carbons (Fsp3) is 0.143. The van der Waals surface area contributed by atoms with Gasteiger partial charge >= 0.3 is 0 Å². The van der Waals surface area contributed by atoms with Crippen LogP contribution in [0.25, 0.3) is 6.08 Å². The lowest BCUT2D eigenvalue weighted by Crippen LogP contribution is -2.51. The molecular formula is C21H19N3O4S. The molecule has 3 rings (SSSR count). The molecule has 2 aromatic carbocycles. The zero-order chi connectivity index (χ0) is 21.0. The van der Waals surface area contributed by atoms with E-state index in [0.29, 0.717) is 11.3 Å². The number of benzene rings is 2. The number of ether oxygens (including phenoxy) is 1. The minimum atomic E-state index is -0.571. The fourth-order valence-corrected chi connectivity index (χ4v) is 2.86. The van der Waals surface area contributed by atoms with E-state index < -0.39 is 11.8 Å². The highest BCUT2D eigenvalue weighted by Crippen LogP contribution is 2.18. The Labute approximate surface area is 173 Å². The Kier molecular flexibility index (Phi) is 6.04. The summed E-state index contributed by atoms with van der Waals surface area (Å²) >= 11 is 4.77. The third-order valence-electron chi connectivity index (χ3n) is 4.15. The van der Waals surface area contributed by atoms with Crippen LogP contribution in [0, 0.1) is 13.8 Å². The molecule has 148 valence electrons. The third-order valence-corrected chi connectivity index (χ3v) is 4.35. The van der Waals surface area contributed by atoms with Gasteiger partial charge in [-0.1, -0.05) is 24.3 Å². The number of rotatable bonds is 5. The standard InChI is InChI=1S/C21H19N3O4S/c1-12-6-7-13(2)17(8-12)22-18(25)11-28-15-5-3-4-14(9-15)10-16-19(26)23-21(29)24-20(16)27/h3-10H,11H2,1-2H3,(H,22,25)(H2,23,24,26,27,29). The normalized spacial score (nSPS) is 13.4. The van der Waals surface area contributed by atoms with E-state index in [1.165, 1.54) is 6.08 Å². The van der Waals surface area contributed by atoms with Gasteiger partial charge in [0.2, 0.25) is 0 Å². The predicted molar refractivity (Wildman–Crippen MR) is 113 cm³/mol. The summed E-state index contributed by atoms with van der Waals surface area (Å²) in [5, 5.41) is 7.55. The topological polar surface area (TPSA) is 96.5 Å². The Bertz CT molecular complexity index is 1020. The molecule has 3 amide bonds. The van der Waals surface area contributed by atoms with Gasteiger partial charge < -0.3 is 10.1 Å². The number of carbonyl (C=O) groups excluding carboxylic acids is 3. The van der Waals surface area contributed by atoms with Gasteiger partial charge in [-0.05, 0) is 67.0 Å². The molecule has 8 heteroatoms. The highest BCUT2D eigenvalue weighted by Gasteiger charge is 2.25. The van der Waals surface area contributed by atoms with Crippen LogP contribution in [0.5, 0.6) is 5.75 Å². The third kappa shape index (κ3) is 5.26. The van der Waals surface area contributed by atoms with Crippen LogP contribution in [0.1, 0.15) is 16.7 Å². The number of amides is 3. The second-order valence-corrected chi connectivity index (χ2v) is 6.93. The van der Waals surface area contributed by atoms with Gasteiger partial charge in [0.1, 0.15) is 11.3 Å². The molecule has 7 nitrogen and oxygen atoms in total. The van der Waals surface area contributed by atoms with Crippen molar-refractivity contribution in [2.45, 2.75) is 13.8 Å². The van der Waals surface area contributed by atoms with Crippen molar-refractivity contribution in [1.82, 2.24) is 10.6 Å². The number of hydrogen-bond donors (Lipinski definition) is 3. The summed E-state index contributed by atoms with van der Waals surface area (Å²) in [4.78, 5) is 36.1. The van der Waals surface area contributed by atoms with Crippen molar-refractivity contribution < 1.29 is 19.1 Å². The van der Waals surface area contributed by atoms with Crippen LogP contribution in [0.3, 0.4) is 0 Å². The lowest BCUT2D eigenvalue weighted by Gasteiger charge is -2.16. The van der Waals surface area contributed by atoms with Crippen LogP contribution in [0.2, 0.25) is 0 Å². The van der Waals surface area contributed by atoms with Crippen molar-refractivity contribution in [2.24, 2.45) is 0 Å². The number of hydrogen-bond acceptors (Lipinski definition) is 5. The summed E-state index contributed by atoms with van der Waals surface area (Å²) in [6, 6.07) is 12.5.